The molecule has 0 aliphatic rings. The molecule has 0 bridgehead atoms. The maximum absolute atomic E-state index is 13.9. The number of hydrogen-bond acceptors (Lipinski definition) is 5. The summed E-state index contributed by atoms with van der Waals surface area (Å²) in [6, 6.07) is 9.41. The quantitative estimate of drug-likeness (QED) is 0.273. The molecular formula is C30H43F2N3O4. The van der Waals surface area contributed by atoms with E-state index in [1.807, 2.05) is 25.1 Å². The number of amides is 2. The minimum absolute atomic E-state index is 0.0124. The molecule has 0 spiro atoms. The summed E-state index contributed by atoms with van der Waals surface area (Å²) in [4.78, 5) is 25.7. The first-order valence-corrected chi connectivity index (χ1v) is 13.6. The lowest BCUT2D eigenvalue weighted by molar-refractivity contribution is -0.125. The van der Waals surface area contributed by atoms with E-state index in [0.717, 1.165) is 24.5 Å². The number of aryl methyl sites for hydroxylation is 1. The number of aliphatic hydroxyl groups excluding tert-OH is 1. The molecule has 0 aliphatic heterocycles. The smallest absolute Gasteiger partial charge is 0.408 e. The van der Waals surface area contributed by atoms with Gasteiger partial charge in [0.15, 0.2) is 0 Å². The Bertz CT molecular complexity index is 1050. The van der Waals surface area contributed by atoms with Gasteiger partial charge in [0.1, 0.15) is 23.3 Å². The van der Waals surface area contributed by atoms with Gasteiger partial charge in [0.05, 0.1) is 12.1 Å². The summed E-state index contributed by atoms with van der Waals surface area (Å²) in [5, 5.41) is 19.7. The summed E-state index contributed by atoms with van der Waals surface area (Å²) < 4.78 is 33.1. The molecule has 216 valence electrons. The number of hydrogen-bond donors (Lipinski definition) is 4. The standard InChI is InChI=1S/C30H43F2N3O4/c1-6-8-12-25(35-29(38)39-30(3,4)5)28(37)34-26(16-22-14-23(31)17-24(32)15-22)27(36)19-33-18-21-11-9-10-20(7-2)13-21/h9-11,13-15,17,25-27,33,36H,6-8,12,16,18-19H2,1-5H3,(H,34,37)(H,35,38)/t25-,26+,27-/m1/s1. The van der Waals surface area contributed by atoms with Crippen molar-refractivity contribution in [3.63, 3.8) is 0 Å². The zero-order valence-electron chi connectivity index (χ0n) is 23.7. The largest absolute Gasteiger partial charge is 0.444 e. The molecule has 0 aliphatic carbocycles. The Hall–Kier alpha value is -3.04. The fraction of sp³-hybridized carbons (Fsp3) is 0.533. The number of ether oxygens (including phenoxy) is 1. The van der Waals surface area contributed by atoms with Crippen LogP contribution in [0.4, 0.5) is 13.6 Å². The Labute approximate surface area is 230 Å². The Balaban J connectivity index is 2.16. The zero-order valence-corrected chi connectivity index (χ0v) is 23.7. The molecular weight excluding hydrogens is 504 g/mol. The highest BCUT2D eigenvalue weighted by Gasteiger charge is 2.28. The molecule has 2 aromatic carbocycles. The minimum Gasteiger partial charge on any atom is -0.444 e. The number of carbonyl (C=O) groups excluding carboxylic acids is 2. The zero-order chi connectivity index (χ0) is 29.0. The van der Waals surface area contributed by atoms with Crippen molar-refractivity contribution in [2.24, 2.45) is 0 Å². The molecule has 0 saturated carbocycles. The molecule has 0 unspecified atom stereocenters. The first kappa shape index (κ1) is 32.2. The van der Waals surface area contributed by atoms with Crippen molar-refractivity contribution >= 4 is 12.0 Å². The summed E-state index contributed by atoms with van der Waals surface area (Å²) in [5.41, 5.74) is 1.80. The Kier molecular flexibility index (Phi) is 12.8. The molecule has 0 aromatic heterocycles. The SMILES string of the molecule is CCCC[C@@H](NC(=O)OC(C)(C)C)C(=O)N[C@@H](Cc1cc(F)cc(F)c1)[C@H](O)CNCc1cccc(CC)c1. The third-order valence-corrected chi connectivity index (χ3v) is 6.11. The number of nitrogens with one attached hydrogen (secondary N) is 3. The summed E-state index contributed by atoms with van der Waals surface area (Å²) in [7, 11) is 0. The van der Waals surface area contributed by atoms with Crippen LogP contribution in [-0.2, 0) is 28.9 Å². The van der Waals surface area contributed by atoms with Gasteiger partial charge in [-0.05, 0) is 68.9 Å². The third kappa shape index (κ3) is 12.1. The topological polar surface area (TPSA) is 99.7 Å². The van der Waals surface area contributed by atoms with Crippen LogP contribution in [0.5, 0.6) is 0 Å². The number of unbranched alkanes of at least 4 members (excludes halogenated alkanes) is 1. The second-order valence-electron chi connectivity index (χ2n) is 10.8. The first-order chi connectivity index (χ1) is 18.4. The first-order valence-electron chi connectivity index (χ1n) is 13.6. The molecule has 0 radical (unpaired) electrons. The third-order valence-electron chi connectivity index (χ3n) is 6.11. The van der Waals surface area contributed by atoms with E-state index in [-0.39, 0.29) is 18.5 Å². The fourth-order valence-electron chi connectivity index (χ4n) is 4.14. The van der Waals surface area contributed by atoms with Gasteiger partial charge in [-0.25, -0.2) is 13.6 Å². The van der Waals surface area contributed by atoms with E-state index in [4.69, 9.17) is 4.74 Å². The number of benzene rings is 2. The van der Waals surface area contributed by atoms with E-state index in [1.54, 1.807) is 20.8 Å². The lowest BCUT2D eigenvalue weighted by Gasteiger charge is -2.28. The van der Waals surface area contributed by atoms with Crippen LogP contribution >= 0.6 is 0 Å². The van der Waals surface area contributed by atoms with E-state index >= 15 is 0 Å². The van der Waals surface area contributed by atoms with Crippen LogP contribution in [0, 0.1) is 11.6 Å². The predicted molar refractivity (Wildman–Crippen MR) is 148 cm³/mol. The van der Waals surface area contributed by atoms with Crippen LogP contribution in [0.15, 0.2) is 42.5 Å². The van der Waals surface area contributed by atoms with E-state index < -0.39 is 47.4 Å². The number of carbonyl (C=O) groups is 2. The highest BCUT2D eigenvalue weighted by molar-refractivity contribution is 5.86. The molecule has 7 nitrogen and oxygen atoms in total. The van der Waals surface area contributed by atoms with Crippen molar-refractivity contribution in [2.45, 2.75) is 97.1 Å². The van der Waals surface area contributed by atoms with E-state index in [1.165, 1.54) is 17.7 Å². The highest BCUT2D eigenvalue weighted by Crippen LogP contribution is 2.14. The Morgan fingerprint density at radius 1 is 0.974 bits per heavy atom. The van der Waals surface area contributed by atoms with Crippen LogP contribution in [0.1, 0.15) is 70.6 Å². The van der Waals surface area contributed by atoms with Gasteiger partial charge >= 0.3 is 6.09 Å². The van der Waals surface area contributed by atoms with Crippen LogP contribution in [0.3, 0.4) is 0 Å². The maximum Gasteiger partial charge on any atom is 0.408 e. The molecule has 39 heavy (non-hydrogen) atoms. The molecule has 4 N–H and O–H groups in total. The number of rotatable bonds is 14. The van der Waals surface area contributed by atoms with Crippen LogP contribution in [0.2, 0.25) is 0 Å². The van der Waals surface area contributed by atoms with Gasteiger partial charge in [0, 0.05) is 19.2 Å². The van der Waals surface area contributed by atoms with Crippen molar-refractivity contribution in [1.82, 2.24) is 16.0 Å². The monoisotopic (exact) mass is 547 g/mol. The van der Waals surface area contributed by atoms with E-state index in [2.05, 4.69) is 28.9 Å². The highest BCUT2D eigenvalue weighted by atomic mass is 19.1. The molecule has 2 amide bonds. The van der Waals surface area contributed by atoms with Gasteiger partial charge in [0.2, 0.25) is 5.91 Å². The summed E-state index contributed by atoms with van der Waals surface area (Å²) >= 11 is 0. The normalized spacial score (nSPS) is 13.8. The van der Waals surface area contributed by atoms with Crippen LogP contribution in [-0.4, -0.2) is 47.4 Å². The van der Waals surface area contributed by atoms with Crippen molar-refractivity contribution in [3.05, 3.63) is 70.8 Å². The Morgan fingerprint density at radius 3 is 2.26 bits per heavy atom. The summed E-state index contributed by atoms with van der Waals surface area (Å²) in [6.07, 6.45) is 0.936. The van der Waals surface area contributed by atoms with Gasteiger partial charge < -0.3 is 25.8 Å². The number of halogens is 2. The lowest BCUT2D eigenvalue weighted by atomic mass is 9.99. The molecule has 2 aromatic rings. The lowest BCUT2D eigenvalue weighted by Crippen LogP contribution is -2.55. The second kappa shape index (κ2) is 15.5. The molecule has 3 atom stereocenters. The van der Waals surface area contributed by atoms with Gasteiger partial charge in [-0.2, -0.15) is 0 Å². The van der Waals surface area contributed by atoms with Gasteiger partial charge in [-0.15, -0.1) is 0 Å². The van der Waals surface area contributed by atoms with Crippen molar-refractivity contribution in [1.29, 1.82) is 0 Å². The predicted octanol–water partition coefficient (Wildman–Crippen LogP) is 4.79. The average molecular weight is 548 g/mol. The van der Waals surface area contributed by atoms with E-state index in [9.17, 15) is 23.5 Å². The van der Waals surface area contributed by atoms with Gasteiger partial charge in [0.25, 0.3) is 0 Å². The number of aliphatic hydroxyl groups is 1. The van der Waals surface area contributed by atoms with E-state index in [0.29, 0.717) is 19.4 Å². The summed E-state index contributed by atoms with van der Waals surface area (Å²) in [5.74, 6) is -2.00. The van der Waals surface area contributed by atoms with Crippen molar-refractivity contribution in [3.8, 4) is 0 Å². The number of alkyl carbamates (subject to hydrolysis) is 1. The molecule has 0 fully saturated rings. The molecule has 0 heterocycles. The molecule has 2 rings (SSSR count). The average Bonchev–Trinajstić information content (AvgIpc) is 2.84. The van der Waals surface area contributed by atoms with Crippen molar-refractivity contribution < 1.29 is 28.2 Å². The van der Waals surface area contributed by atoms with Crippen LogP contribution < -0.4 is 16.0 Å². The Morgan fingerprint density at radius 2 is 1.64 bits per heavy atom. The molecule has 9 heteroatoms. The fourth-order valence-corrected chi connectivity index (χ4v) is 4.14. The minimum atomic E-state index is -1.08. The second-order valence-corrected chi connectivity index (χ2v) is 10.8. The van der Waals surface area contributed by atoms with Crippen LogP contribution in [0.25, 0.3) is 0 Å². The van der Waals surface area contributed by atoms with Gasteiger partial charge in [-0.3, -0.25) is 4.79 Å². The summed E-state index contributed by atoms with van der Waals surface area (Å²) in [6.45, 7) is 9.84. The van der Waals surface area contributed by atoms with Gasteiger partial charge in [-0.1, -0.05) is 51.0 Å². The maximum atomic E-state index is 13.9. The molecule has 0 saturated heterocycles. The van der Waals surface area contributed by atoms with Crippen molar-refractivity contribution in [2.75, 3.05) is 6.54 Å².